The summed E-state index contributed by atoms with van der Waals surface area (Å²) >= 11 is 0. The third-order valence-electron chi connectivity index (χ3n) is 6.70. The Morgan fingerprint density at radius 1 is 0.900 bits per heavy atom. The molecule has 0 unspecified atom stereocenters. The molecule has 2 N–H and O–H groups in total. The van der Waals surface area contributed by atoms with E-state index in [1.54, 1.807) is 43.6 Å². The minimum absolute atomic E-state index is 0.393. The highest BCUT2D eigenvalue weighted by molar-refractivity contribution is 6.17. The smallest absolute Gasteiger partial charge is 0.240 e. The number of carbonyl (C=O) groups excluding carboxylic acids is 2. The summed E-state index contributed by atoms with van der Waals surface area (Å²) in [6.07, 6.45) is 2.51. The number of benzene rings is 3. The molecule has 0 saturated heterocycles. The largest absolute Gasteiger partial charge is 0.496 e. The number of nitrogens with zero attached hydrogens (tertiary/aromatic N) is 2. The molecule has 40 heavy (non-hydrogen) atoms. The van der Waals surface area contributed by atoms with E-state index in [4.69, 9.17) is 14.3 Å². The number of oxime groups is 1. The first-order valence-corrected chi connectivity index (χ1v) is 12.5. The van der Waals surface area contributed by atoms with Crippen LogP contribution in [0.1, 0.15) is 25.3 Å². The second-order valence-corrected chi connectivity index (χ2v) is 9.36. The van der Waals surface area contributed by atoms with Crippen molar-refractivity contribution in [1.29, 1.82) is 0 Å². The summed E-state index contributed by atoms with van der Waals surface area (Å²) in [7, 11) is 3.06. The van der Waals surface area contributed by atoms with Gasteiger partial charge in [0.1, 0.15) is 35.6 Å². The lowest BCUT2D eigenvalue weighted by atomic mass is 10.0. The van der Waals surface area contributed by atoms with Crippen LogP contribution >= 0.6 is 0 Å². The van der Waals surface area contributed by atoms with Crippen LogP contribution in [0.4, 0.5) is 15.8 Å². The number of hydrogen-bond acceptors (Lipinski definition) is 7. The molecule has 0 radical (unpaired) electrons. The Bertz CT molecular complexity index is 1600. The molecule has 1 aliphatic carbocycles. The summed E-state index contributed by atoms with van der Waals surface area (Å²) in [5, 5.41) is 10.3. The van der Waals surface area contributed by atoms with Gasteiger partial charge in [-0.2, -0.15) is 0 Å². The SMILES string of the molecule is CO/N=C(/C)c1cc2c(Oc3ccc(NC(=O)C4(C(=O)Nc5ccc(F)cc5)CC4)cc3)ccnc2cc1OC. The highest BCUT2D eigenvalue weighted by Gasteiger charge is 2.56. The molecule has 1 fully saturated rings. The molecule has 1 aromatic heterocycles. The van der Waals surface area contributed by atoms with E-state index in [0.717, 1.165) is 10.9 Å². The molecule has 9 nitrogen and oxygen atoms in total. The van der Waals surface area contributed by atoms with Gasteiger partial charge in [0.2, 0.25) is 11.8 Å². The van der Waals surface area contributed by atoms with Crippen LogP contribution in [0.3, 0.4) is 0 Å². The molecule has 1 saturated carbocycles. The van der Waals surface area contributed by atoms with Crippen molar-refractivity contribution in [2.75, 3.05) is 24.9 Å². The number of pyridine rings is 1. The van der Waals surface area contributed by atoms with Crippen LogP contribution in [0.25, 0.3) is 10.9 Å². The Morgan fingerprint density at radius 3 is 2.10 bits per heavy atom. The Balaban J connectivity index is 1.30. The van der Waals surface area contributed by atoms with E-state index in [1.165, 1.54) is 31.4 Å². The van der Waals surface area contributed by atoms with Gasteiger partial charge in [-0.15, -0.1) is 0 Å². The molecule has 1 heterocycles. The zero-order chi connectivity index (χ0) is 28.3. The maximum absolute atomic E-state index is 13.2. The van der Waals surface area contributed by atoms with Crippen LogP contribution in [0.2, 0.25) is 0 Å². The van der Waals surface area contributed by atoms with Gasteiger partial charge >= 0.3 is 0 Å². The fourth-order valence-corrected chi connectivity index (χ4v) is 4.33. The molecule has 0 aliphatic heterocycles. The van der Waals surface area contributed by atoms with Gasteiger partial charge in [-0.1, -0.05) is 5.16 Å². The minimum Gasteiger partial charge on any atom is -0.496 e. The number of amides is 2. The number of nitrogens with one attached hydrogen (secondary N) is 2. The average molecular weight is 543 g/mol. The number of aromatic nitrogens is 1. The van der Waals surface area contributed by atoms with E-state index in [0.29, 0.717) is 52.7 Å². The fourth-order valence-electron chi connectivity index (χ4n) is 4.33. The number of carbonyl (C=O) groups is 2. The zero-order valence-corrected chi connectivity index (χ0v) is 22.2. The standard InChI is InChI=1S/C30H27FN4O5/c1-18(35-39-3)23-16-24-25(17-27(23)38-2)32-15-12-26(24)40-22-10-8-21(9-11-22)34-29(37)30(13-14-30)28(36)33-20-6-4-19(31)5-7-20/h4-12,15-17H,13-14H2,1-3H3,(H,33,36)(H,34,37)/b35-18-. The third kappa shape index (κ3) is 5.42. The second kappa shape index (κ2) is 11.0. The Kier molecular flexibility index (Phi) is 7.33. The van der Waals surface area contributed by atoms with Crippen LogP contribution in [-0.4, -0.2) is 36.7 Å². The molecule has 4 aromatic rings. The molecule has 0 spiro atoms. The Labute approximate surface area is 230 Å². The average Bonchev–Trinajstić information content (AvgIpc) is 3.77. The van der Waals surface area contributed by atoms with E-state index in [9.17, 15) is 14.0 Å². The molecule has 3 aromatic carbocycles. The van der Waals surface area contributed by atoms with Crippen LogP contribution < -0.4 is 20.1 Å². The highest BCUT2D eigenvalue weighted by atomic mass is 19.1. The molecule has 0 atom stereocenters. The van der Waals surface area contributed by atoms with Gasteiger partial charge in [-0.25, -0.2) is 4.39 Å². The van der Waals surface area contributed by atoms with E-state index < -0.39 is 23.0 Å². The third-order valence-corrected chi connectivity index (χ3v) is 6.70. The predicted octanol–water partition coefficient (Wildman–Crippen LogP) is 5.90. The van der Waals surface area contributed by atoms with E-state index in [2.05, 4.69) is 20.8 Å². The van der Waals surface area contributed by atoms with E-state index in [-0.39, 0.29) is 0 Å². The second-order valence-electron chi connectivity index (χ2n) is 9.36. The first-order chi connectivity index (χ1) is 19.3. The van der Waals surface area contributed by atoms with Crippen molar-refractivity contribution in [2.45, 2.75) is 19.8 Å². The van der Waals surface area contributed by atoms with Crippen LogP contribution in [-0.2, 0) is 14.4 Å². The quantitative estimate of drug-likeness (QED) is 0.155. The van der Waals surface area contributed by atoms with Crippen molar-refractivity contribution in [3.05, 3.63) is 84.3 Å². The van der Waals surface area contributed by atoms with Crippen molar-refractivity contribution >= 4 is 39.8 Å². The number of rotatable bonds is 9. The lowest BCUT2D eigenvalue weighted by Gasteiger charge is -2.16. The molecule has 0 bridgehead atoms. The summed E-state index contributed by atoms with van der Waals surface area (Å²) in [6, 6.07) is 17.7. The van der Waals surface area contributed by atoms with Crippen LogP contribution in [0.5, 0.6) is 17.2 Å². The topological polar surface area (TPSA) is 111 Å². The zero-order valence-electron chi connectivity index (χ0n) is 22.2. The summed E-state index contributed by atoms with van der Waals surface area (Å²) in [5.41, 5.74) is 1.86. The maximum Gasteiger partial charge on any atom is 0.240 e. The van der Waals surface area contributed by atoms with Crippen molar-refractivity contribution in [3.8, 4) is 17.2 Å². The van der Waals surface area contributed by atoms with Crippen molar-refractivity contribution in [2.24, 2.45) is 10.6 Å². The van der Waals surface area contributed by atoms with Gasteiger partial charge in [-0.05, 0) is 80.4 Å². The molecular weight excluding hydrogens is 515 g/mol. The Hall–Kier alpha value is -4.99. The van der Waals surface area contributed by atoms with Gasteiger partial charge in [-0.3, -0.25) is 14.6 Å². The molecule has 204 valence electrons. The number of halogens is 1. The van der Waals surface area contributed by atoms with Gasteiger partial charge in [0.05, 0.1) is 18.3 Å². The fraction of sp³-hybridized carbons (Fsp3) is 0.200. The van der Waals surface area contributed by atoms with E-state index in [1.807, 2.05) is 19.1 Å². The lowest BCUT2D eigenvalue weighted by molar-refractivity contribution is -0.131. The van der Waals surface area contributed by atoms with Crippen LogP contribution in [0.15, 0.2) is 78.1 Å². The monoisotopic (exact) mass is 542 g/mol. The van der Waals surface area contributed by atoms with E-state index >= 15 is 0 Å². The summed E-state index contributed by atoms with van der Waals surface area (Å²) in [4.78, 5) is 35.2. The normalized spacial score (nSPS) is 13.8. The molecule has 10 heteroatoms. The summed E-state index contributed by atoms with van der Waals surface area (Å²) in [6.45, 7) is 1.81. The lowest BCUT2D eigenvalue weighted by Crippen LogP contribution is -2.35. The molecule has 5 rings (SSSR count). The molecular formula is C30H27FN4O5. The number of methoxy groups -OCH3 is 1. The van der Waals surface area contributed by atoms with Crippen LogP contribution in [0, 0.1) is 11.2 Å². The number of anilines is 2. The predicted molar refractivity (Wildman–Crippen MR) is 149 cm³/mol. The first kappa shape index (κ1) is 26.6. The van der Waals surface area contributed by atoms with Gasteiger partial charge in [0, 0.05) is 34.6 Å². The maximum atomic E-state index is 13.2. The van der Waals surface area contributed by atoms with Crippen molar-refractivity contribution < 1.29 is 28.3 Å². The van der Waals surface area contributed by atoms with Gasteiger partial charge in [0.25, 0.3) is 0 Å². The van der Waals surface area contributed by atoms with Crippen molar-refractivity contribution in [1.82, 2.24) is 4.98 Å². The molecule has 1 aliphatic rings. The first-order valence-electron chi connectivity index (χ1n) is 12.5. The summed E-state index contributed by atoms with van der Waals surface area (Å²) in [5.74, 6) is 0.511. The van der Waals surface area contributed by atoms with Gasteiger partial charge < -0.3 is 24.9 Å². The number of ether oxygens (including phenoxy) is 2. The highest BCUT2D eigenvalue weighted by Crippen LogP contribution is 2.47. The van der Waals surface area contributed by atoms with Crippen molar-refractivity contribution in [3.63, 3.8) is 0 Å². The Morgan fingerprint density at radius 2 is 1.52 bits per heavy atom. The number of fused-ring (bicyclic) bond motifs is 1. The summed E-state index contributed by atoms with van der Waals surface area (Å²) < 4.78 is 24.8. The number of hydrogen-bond donors (Lipinski definition) is 2. The van der Waals surface area contributed by atoms with Gasteiger partial charge in [0.15, 0.2) is 0 Å². The minimum atomic E-state index is -1.15. The molecule has 2 amide bonds.